The van der Waals surface area contributed by atoms with Crippen LogP contribution in [0.4, 0.5) is 11.4 Å². The Morgan fingerprint density at radius 2 is 1.22 bits per heavy atom. The molecule has 0 aliphatic rings. The molecule has 0 heterocycles. The second-order valence-electron chi connectivity index (χ2n) is 6.24. The number of aryl methyl sites for hydroxylation is 1. The van der Waals surface area contributed by atoms with Gasteiger partial charge in [-0.3, -0.25) is 0 Å². The molecule has 23 heavy (non-hydrogen) atoms. The zero-order chi connectivity index (χ0) is 16.3. The van der Waals surface area contributed by atoms with Crippen molar-refractivity contribution in [1.29, 1.82) is 0 Å². The molecule has 2 heteroatoms. The third kappa shape index (κ3) is 6.77. The normalized spacial score (nSPS) is 10.7. The largest absolute Gasteiger partial charge is 0.508 e. The van der Waals surface area contributed by atoms with E-state index < -0.39 is 0 Å². The molecule has 0 unspecified atom stereocenters. The molecule has 0 atom stereocenters. The third-order valence-electron chi connectivity index (χ3n) is 4.18. The highest BCUT2D eigenvalue weighted by Crippen LogP contribution is 2.20. The van der Waals surface area contributed by atoms with Gasteiger partial charge in [0.05, 0.1) is 0 Å². The fourth-order valence-electron chi connectivity index (χ4n) is 2.75. The van der Waals surface area contributed by atoms with Crippen molar-refractivity contribution in [1.82, 2.24) is 0 Å². The van der Waals surface area contributed by atoms with E-state index in [1.54, 1.807) is 12.1 Å². The van der Waals surface area contributed by atoms with Crippen molar-refractivity contribution < 1.29 is 5.11 Å². The van der Waals surface area contributed by atoms with Crippen molar-refractivity contribution in [2.75, 3.05) is 5.32 Å². The molecule has 0 aliphatic heterocycles. The quantitative estimate of drug-likeness (QED) is 0.391. The van der Waals surface area contributed by atoms with Gasteiger partial charge in [0.2, 0.25) is 0 Å². The summed E-state index contributed by atoms with van der Waals surface area (Å²) in [5.41, 5.74) is 3.48. The highest BCUT2D eigenvalue weighted by Gasteiger charge is 1.98. The number of benzene rings is 2. The zero-order valence-electron chi connectivity index (χ0n) is 14.2. The van der Waals surface area contributed by atoms with E-state index in [4.69, 9.17) is 0 Å². The van der Waals surface area contributed by atoms with Gasteiger partial charge in [0.15, 0.2) is 0 Å². The lowest BCUT2D eigenvalue weighted by Gasteiger charge is -2.08. The predicted molar refractivity (Wildman–Crippen MR) is 99.5 cm³/mol. The molecule has 2 rings (SSSR count). The van der Waals surface area contributed by atoms with E-state index in [0.29, 0.717) is 5.75 Å². The number of aromatic hydroxyl groups is 1. The molecule has 2 aromatic rings. The fourth-order valence-corrected chi connectivity index (χ4v) is 2.75. The van der Waals surface area contributed by atoms with E-state index in [2.05, 4.69) is 36.5 Å². The van der Waals surface area contributed by atoms with Crippen LogP contribution in [-0.2, 0) is 6.42 Å². The Balaban J connectivity index is 1.69. The predicted octanol–water partition coefficient (Wildman–Crippen LogP) is 6.43. The number of hydrogen-bond acceptors (Lipinski definition) is 2. The summed E-state index contributed by atoms with van der Waals surface area (Å²) < 4.78 is 0. The van der Waals surface area contributed by atoms with Crippen molar-refractivity contribution in [3.05, 3.63) is 54.1 Å². The molecule has 0 aliphatic carbocycles. The van der Waals surface area contributed by atoms with Crippen LogP contribution in [0.2, 0.25) is 0 Å². The van der Waals surface area contributed by atoms with Crippen molar-refractivity contribution in [3.63, 3.8) is 0 Å². The Bertz CT molecular complexity index is 545. The molecule has 0 spiro atoms. The minimum atomic E-state index is 0.292. The van der Waals surface area contributed by atoms with Crippen LogP contribution in [0.15, 0.2) is 48.5 Å². The van der Waals surface area contributed by atoms with Crippen LogP contribution >= 0.6 is 0 Å². The number of phenols is 1. The molecule has 2 N–H and O–H groups in total. The van der Waals surface area contributed by atoms with Crippen LogP contribution in [0.25, 0.3) is 0 Å². The molecule has 0 aromatic heterocycles. The molecule has 0 saturated carbocycles. The Kier molecular flexibility index (Phi) is 7.51. The Hall–Kier alpha value is -1.96. The molecule has 0 amide bonds. The number of nitrogens with one attached hydrogen (secondary N) is 1. The molecular formula is C21H29NO. The summed E-state index contributed by atoms with van der Waals surface area (Å²) in [4.78, 5) is 0. The average molecular weight is 311 g/mol. The van der Waals surface area contributed by atoms with Gasteiger partial charge in [0, 0.05) is 11.4 Å². The van der Waals surface area contributed by atoms with Crippen molar-refractivity contribution in [2.24, 2.45) is 0 Å². The summed E-state index contributed by atoms with van der Waals surface area (Å²) in [6.45, 7) is 2.26. The number of rotatable bonds is 10. The SMILES string of the molecule is CCCCCCCCCc1ccc(Nc2ccc(O)cc2)cc1. The smallest absolute Gasteiger partial charge is 0.115 e. The van der Waals surface area contributed by atoms with Crippen LogP contribution in [0, 0.1) is 0 Å². The van der Waals surface area contributed by atoms with Crippen LogP contribution in [0.1, 0.15) is 57.4 Å². The Labute approximate surface area is 140 Å². The standard InChI is InChI=1S/C21H29NO/c1-2-3-4-5-6-7-8-9-18-10-12-19(13-11-18)22-20-14-16-21(23)17-15-20/h10-17,22-23H,2-9H2,1H3. The molecule has 0 radical (unpaired) electrons. The first-order valence-electron chi connectivity index (χ1n) is 8.93. The number of unbranched alkanes of at least 4 members (excludes halogenated alkanes) is 6. The van der Waals surface area contributed by atoms with E-state index in [0.717, 1.165) is 11.4 Å². The minimum absolute atomic E-state index is 0.292. The highest BCUT2D eigenvalue weighted by molar-refractivity contribution is 5.60. The summed E-state index contributed by atoms with van der Waals surface area (Å²) >= 11 is 0. The van der Waals surface area contributed by atoms with Gasteiger partial charge in [-0.05, 0) is 54.8 Å². The summed E-state index contributed by atoms with van der Waals surface area (Å²) in [5.74, 6) is 0.292. The second-order valence-corrected chi connectivity index (χ2v) is 6.24. The molecule has 0 bridgehead atoms. The minimum Gasteiger partial charge on any atom is -0.508 e. The topological polar surface area (TPSA) is 32.3 Å². The summed E-state index contributed by atoms with van der Waals surface area (Å²) in [5, 5.41) is 12.6. The van der Waals surface area contributed by atoms with Gasteiger partial charge in [-0.15, -0.1) is 0 Å². The number of phenolic OH excluding ortho intramolecular Hbond substituents is 1. The monoisotopic (exact) mass is 311 g/mol. The van der Waals surface area contributed by atoms with Gasteiger partial charge < -0.3 is 10.4 Å². The number of hydrogen-bond donors (Lipinski definition) is 2. The van der Waals surface area contributed by atoms with Gasteiger partial charge in [-0.1, -0.05) is 57.6 Å². The lowest BCUT2D eigenvalue weighted by atomic mass is 10.0. The maximum absolute atomic E-state index is 9.29. The fraction of sp³-hybridized carbons (Fsp3) is 0.429. The van der Waals surface area contributed by atoms with Gasteiger partial charge in [-0.2, -0.15) is 0 Å². The molecule has 124 valence electrons. The van der Waals surface area contributed by atoms with E-state index in [1.165, 1.54) is 56.9 Å². The maximum Gasteiger partial charge on any atom is 0.115 e. The highest BCUT2D eigenvalue weighted by atomic mass is 16.3. The van der Waals surface area contributed by atoms with Crippen LogP contribution in [0.5, 0.6) is 5.75 Å². The average Bonchev–Trinajstić information content (AvgIpc) is 2.58. The Morgan fingerprint density at radius 1 is 0.696 bits per heavy atom. The van der Waals surface area contributed by atoms with Crippen LogP contribution in [-0.4, -0.2) is 5.11 Å². The molecule has 0 fully saturated rings. The lowest BCUT2D eigenvalue weighted by Crippen LogP contribution is -1.91. The van der Waals surface area contributed by atoms with Gasteiger partial charge in [-0.25, -0.2) is 0 Å². The molecular weight excluding hydrogens is 282 g/mol. The van der Waals surface area contributed by atoms with E-state index in [-0.39, 0.29) is 0 Å². The van der Waals surface area contributed by atoms with E-state index in [9.17, 15) is 5.11 Å². The first kappa shape index (κ1) is 17.4. The zero-order valence-corrected chi connectivity index (χ0v) is 14.2. The van der Waals surface area contributed by atoms with E-state index >= 15 is 0 Å². The van der Waals surface area contributed by atoms with Crippen molar-refractivity contribution >= 4 is 11.4 Å². The molecule has 0 saturated heterocycles. The van der Waals surface area contributed by atoms with Gasteiger partial charge in [0.25, 0.3) is 0 Å². The molecule has 2 nitrogen and oxygen atoms in total. The van der Waals surface area contributed by atoms with E-state index in [1.807, 2.05) is 12.1 Å². The van der Waals surface area contributed by atoms with Crippen LogP contribution < -0.4 is 5.32 Å². The number of anilines is 2. The molecule has 2 aromatic carbocycles. The summed E-state index contributed by atoms with van der Waals surface area (Å²) in [6, 6.07) is 15.8. The van der Waals surface area contributed by atoms with Gasteiger partial charge >= 0.3 is 0 Å². The van der Waals surface area contributed by atoms with Crippen molar-refractivity contribution in [2.45, 2.75) is 58.3 Å². The summed E-state index contributed by atoms with van der Waals surface area (Å²) in [6.07, 6.45) is 10.7. The first-order valence-corrected chi connectivity index (χ1v) is 8.93. The third-order valence-corrected chi connectivity index (χ3v) is 4.18. The second kappa shape index (κ2) is 9.94. The lowest BCUT2D eigenvalue weighted by molar-refractivity contribution is 0.475. The van der Waals surface area contributed by atoms with Crippen molar-refractivity contribution in [3.8, 4) is 5.75 Å². The summed E-state index contributed by atoms with van der Waals surface area (Å²) in [7, 11) is 0. The Morgan fingerprint density at radius 3 is 1.83 bits per heavy atom. The maximum atomic E-state index is 9.29. The van der Waals surface area contributed by atoms with Crippen LogP contribution in [0.3, 0.4) is 0 Å². The van der Waals surface area contributed by atoms with Gasteiger partial charge in [0.1, 0.15) is 5.75 Å². The first-order chi connectivity index (χ1) is 11.3.